The van der Waals surface area contributed by atoms with Crippen LogP contribution >= 0.6 is 0 Å². The van der Waals surface area contributed by atoms with Gasteiger partial charge in [0.15, 0.2) is 6.61 Å². The number of hydrazone groups is 1. The minimum atomic E-state index is -1.01. The molecule has 0 aliphatic carbocycles. The summed E-state index contributed by atoms with van der Waals surface area (Å²) in [6.45, 7) is -0.358. The third-order valence-corrected chi connectivity index (χ3v) is 3.27. The van der Waals surface area contributed by atoms with Crippen molar-refractivity contribution in [2.45, 2.75) is 0 Å². The van der Waals surface area contributed by atoms with E-state index in [0.717, 1.165) is 22.2 Å². The number of carboxylic acids is 1. The third kappa shape index (κ3) is 3.86. The van der Waals surface area contributed by atoms with Crippen molar-refractivity contribution in [3.8, 4) is 5.75 Å². The van der Waals surface area contributed by atoms with Crippen LogP contribution < -0.4 is 10.2 Å². The monoisotopic (exact) mass is 321 g/mol. The number of benzene rings is 2. The van der Waals surface area contributed by atoms with E-state index >= 15 is 0 Å². The number of hydrogen-bond acceptors (Lipinski definition) is 5. The quantitative estimate of drug-likeness (QED) is 0.538. The number of carboxylic acid groups (broad SMARTS) is 1. The van der Waals surface area contributed by atoms with Gasteiger partial charge in [0, 0.05) is 11.6 Å². The van der Waals surface area contributed by atoms with Crippen LogP contribution in [0.4, 0.5) is 5.69 Å². The lowest BCUT2D eigenvalue weighted by Crippen LogP contribution is -2.09. The molecule has 1 heterocycles. The van der Waals surface area contributed by atoms with Crippen LogP contribution in [0.15, 0.2) is 65.9 Å². The fraction of sp³-hybridized carbons (Fsp3) is 0.0556. The Bertz CT molecular complexity index is 871. The number of carbonyl (C=O) groups is 1. The average Bonchev–Trinajstić information content (AvgIpc) is 2.61. The zero-order chi connectivity index (χ0) is 16.8. The Labute approximate surface area is 138 Å². The van der Waals surface area contributed by atoms with E-state index in [-0.39, 0.29) is 6.61 Å². The number of pyridine rings is 1. The summed E-state index contributed by atoms with van der Waals surface area (Å²) in [7, 11) is 0. The van der Waals surface area contributed by atoms with Crippen molar-refractivity contribution in [1.82, 2.24) is 4.98 Å². The number of aliphatic carboxylic acids is 1. The van der Waals surface area contributed by atoms with Gasteiger partial charge < -0.3 is 9.84 Å². The van der Waals surface area contributed by atoms with Gasteiger partial charge in [0.1, 0.15) is 5.75 Å². The molecule has 0 amide bonds. The third-order valence-electron chi connectivity index (χ3n) is 3.27. The first-order valence-corrected chi connectivity index (χ1v) is 7.30. The number of rotatable bonds is 6. The van der Waals surface area contributed by atoms with Crippen LogP contribution in [-0.2, 0) is 4.79 Å². The number of nitrogens with zero attached hydrogens (tertiary/aromatic N) is 2. The van der Waals surface area contributed by atoms with E-state index in [2.05, 4.69) is 15.5 Å². The van der Waals surface area contributed by atoms with Crippen molar-refractivity contribution in [3.05, 3.63) is 66.4 Å². The van der Waals surface area contributed by atoms with E-state index in [0.29, 0.717) is 5.75 Å². The summed E-state index contributed by atoms with van der Waals surface area (Å²) in [6, 6.07) is 16.7. The van der Waals surface area contributed by atoms with Crippen molar-refractivity contribution in [3.63, 3.8) is 0 Å². The molecule has 120 valence electrons. The Morgan fingerprint density at radius 3 is 2.75 bits per heavy atom. The minimum Gasteiger partial charge on any atom is -0.482 e. The number of nitrogens with one attached hydrogen (secondary N) is 1. The molecular weight excluding hydrogens is 306 g/mol. The Morgan fingerprint density at radius 2 is 1.96 bits per heavy atom. The van der Waals surface area contributed by atoms with Crippen molar-refractivity contribution in [2.75, 3.05) is 12.0 Å². The van der Waals surface area contributed by atoms with E-state index in [1.807, 2.05) is 30.3 Å². The number of anilines is 1. The molecule has 0 unspecified atom stereocenters. The molecule has 1 aromatic heterocycles. The molecule has 3 aromatic rings. The van der Waals surface area contributed by atoms with Gasteiger partial charge in [-0.05, 0) is 42.0 Å². The molecule has 0 bridgehead atoms. The molecule has 0 radical (unpaired) electrons. The molecule has 2 N–H and O–H groups in total. The van der Waals surface area contributed by atoms with Gasteiger partial charge >= 0.3 is 5.97 Å². The largest absolute Gasteiger partial charge is 0.482 e. The van der Waals surface area contributed by atoms with Gasteiger partial charge in [-0.25, -0.2) is 4.79 Å². The van der Waals surface area contributed by atoms with Crippen LogP contribution in [-0.4, -0.2) is 28.9 Å². The molecule has 0 saturated heterocycles. The number of fused-ring (bicyclic) bond motifs is 1. The second kappa shape index (κ2) is 7.23. The van der Waals surface area contributed by atoms with Gasteiger partial charge in [0.2, 0.25) is 0 Å². The zero-order valence-electron chi connectivity index (χ0n) is 12.7. The predicted molar refractivity (Wildman–Crippen MR) is 92.5 cm³/mol. The van der Waals surface area contributed by atoms with Crippen molar-refractivity contribution < 1.29 is 14.6 Å². The van der Waals surface area contributed by atoms with Crippen LogP contribution in [0.2, 0.25) is 0 Å². The Balaban J connectivity index is 1.66. The maximum absolute atomic E-state index is 10.4. The lowest BCUT2D eigenvalue weighted by atomic mass is 10.2. The smallest absolute Gasteiger partial charge is 0.341 e. The lowest BCUT2D eigenvalue weighted by Gasteiger charge is -2.04. The van der Waals surface area contributed by atoms with Gasteiger partial charge in [-0.1, -0.05) is 18.2 Å². The first-order chi connectivity index (χ1) is 11.7. The molecule has 0 aliphatic rings. The summed E-state index contributed by atoms with van der Waals surface area (Å²) in [5.74, 6) is -0.505. The first-order valence-electron chi connectivity index (χ1n) is 7.30. The Morgan fingerprint density at radius 1 is 1.17 bits per heavy atom. The van der Waals surface area contributed by atoms with Crippen LogP contribution in [0.25, 0.3) is 10.9 Å². The van der Waals surface area contributed by atoms with Crippen molar-refractivity contribution in [2.24, 2.45) is 5.10 Å². The highest BCUT2D eigenvalue weighted by molar-refractivity contribution is 5.90. The predicted octanol–water partition coefficient (Wildman–Crippen LogP) is 3.14. The highest BCUT2D eigenvalue weighted by Gasteiger charge is 2.00. The number of aromatic nitrogens is 1. The van der Waals surface area contributed by atoms with E-state index < -0.39 is 5.97 Å². The van der Waals surface area contributed by atoms with Gasteiger partial charge in [-0.3, -0.25) is 10.4 Å². The minimum absolute atomic E-state index is 0.358. The molecule has 2 aromatic carbocycles. The molecule has 6 heteroatoms. The fourth-order valence-electron chi connectivity index (χ4n) is 2.17. The van der Waals surface area contributed by atoms with Crippen LogP contribution in [0, 0.1) is 0 Å². The standard InChI is InChI=1S/C18H15N3O3/c22-17(23)12-24-15-8-6-13(7-9-15)11-20-21-16-5-1-3-14-4-2-10-19-18(14)16/h1-11,21H,12H2,(H,22,23)/b20-11-. The summed E-state index contributed by atoms with van der Waals surface area (Å²) in [6.07, 6.45) is 3.41. The van der Waals surface area contributed by atoms with Crippen molar-refractivity contribution >= 4 is 28.8 Å². The van der Waals surface area contributed by atoms with Crippen LogP contribution in [0.3, 0.4) is 0 Å². The normalized spacial score (nSPS) is 10.8. The van der Waals surface area contributed by atoms with E-state index in [4.69, 9.17) is 9.84 Å². The van der Waals surface area contributed by atoms with Gasteiger partial charge in [0.25, 0.3) is 0 Å². The molecule has 0 spiro atoms. The summed E-state index contributed by atoms with van der Waals surface area (Å²) >= 11 is 0. The summed E-state index contributed by atoms with van der Waals surface area (Å²) in [5, 5.41) is 13.8. The lowest BCUT2D eigenvalue weighted by molar-refractivity contribution is -0.139. The number of hydrogen-bond donors (Lipinski definition) is 2. The second-order valence-corrected chi connectivity index (χ2v) is 5.00. The topological polar surface area (TPSA) is 83.8 Å². The highest BCUT2D eigenvalue weighted by atomic mass is 16.5. The Kier molecular flexibility index (Phi) is 4.67. The molecule has 0 aliphatic heterocycles. The molecule has 3 rings (SSSR count). The molecule has 0 atom stereocenters. The summed E-state index contributed by atoms with van der Waals surface area (Å²) < 4.78 is 5.08. The molecule has 0 fully saturated rings. The number of ether oxygens (including phenoxy) is 1. The molecular formula is C18H15N3O3. The van der Waals surface area contributed by atoms with Gasteiger partial charge in [-0.2, -0.15) is 5.10 Å². The maximum Gasteiger partial charge on any atom is 0.341 e. The van der Waals surface area contributed by atoms with E-state index in [9.17, 15) is 4.79 Å². The summed E-state index contributed by atoms with van der Waals surface area (Å²) in [4.78, 5) is 14.8. The molecule has 6 nitrogen and oxygen atoms in total. The fourth-order valence-corrected chi connectivity index (χ4v) is 2.17. The van der Waals surface area contributed by atoms with Gasteiger partial charge in [0.05, 0.1) is 17.4 Å². The van der Waals surface area contributed by atoms with Gasteiger partial charge in [-0.15, -0.1) is 0 Å². The van der Waals surface area contributed by atoms with E-state index in [1.165, 1.54) is 0 Å². The van der Waals surface area contributed by atoms with Crippen molar-refractivity contribution in [1.29, 1.82) is 0 Å². The SMILES string of the molecule is O=C(O)COc1ccc(/C=N\Nc2cccc3cccnc23)cc1. The highest BCUT2D eigenvalue weighted by Crippen LogP contribution is 2.20. The summed E-state index contributed by atoms with van der Waals surface area (Å²) in [5.41, 5.74) is 5.53. The van der Waals surface area contributed by atoms with Crippen LogP contribution in [0.1, 0.15) is 5.56 Å². The molecule has 24 heavy (non-hydrogen) atoms. The maximum atomic E-state index is 10.4. The Hall–Kier alpha value is -3.41. The van der Waals surface area contributed by atoms with Crippen LogP contribution in [0.5, 0.6) is 5.75 Å². The second-order valence-electron chi connectivity index (χ2n) is 5.00. The average molecular weight is 321 g/mol. The zero-order valence-corrected chi connectivity index (χ0v) is 12.7. The number of para-hydroxylation sites is 1. The van der Waals surface area contributed by atoms with E-state index in [1.54, 1.807) is 36.7 Å². The molecule has 0 saturated carbocycles. The first kappa shape index (κ1) is 15.5.